The molecule has 2 amide bonds. The molecule has 1 aromatic carbocycles. The number of ether oxygens (including phenoxy) is 2. The summed E-state index contributed by atoms with van der Waals surface area (Å²) in [4.78, 5) is 27.5. The van der Waals surface area contributed by atoms with Gasteiger partial charge in [0, 0.05) is 6.54 Å². The second-order valence-corrected chi connectivity index (χ2v) is 7.32. The fourth-order valence-corrected chi connectivity index (χ4v) is 4.00. The normalized spacial score (nSPS) is 21.5. The van der Waals surface area contributed by atoms with Crippen LogP contribution < -0.4 is 14.8 Å². The van der Waals surface area contributed by atoms with Gasteiger partial charge in [0.15, 0.2) is 11.5 Å². The average molecular weight is 372 g/mol. The van der Waals surface area contributed by atoms with Crippen LogP contribution in [0, 0.1) is 0 Å². The first-order valence-electron chi connectivity index (χ1n) is 8.73. The number of nitrogens with one attached hydrogen (secondary N) is 1. The summed E-state index contributed by atoms with van der Waals surface area (Å²) in [6, 6.07) is 10.7. The highest BCUT2D eigenvalue weighted by atomic mass is 32.1. The minimum atomic E-state index is -0.415. The molecule has 0 saturated carbocycles. The number of rotatable bonds is 4. The Morgan fingerprint density at radius 1 is 1.19 bits per heavy atom. The van der Waals surface area contributed by atoms with Crippen LogP contribution in [0.1, 0.15) is 22.5 Å². The van der Waals surface area contributed by atoms with Crippen molar-refractivity contribution in [2.45, 2.75) is 25.0 Å². The van der Waals surface area contributed by atoms with Gasteiger partial charge in [0.2, 0.25) is 5.91 Å². The molecule has 136 valence electrons. The van der Waals surface area contributed by atoms with Crippen LogP contribution in [-0.4, -0.2) is 48.6 Å². The van der Waals surface area contributed by atoms with Crippen LogP contribution in [0.4, 0.5) is 0 Å². The Balaban J connectivity index is 1.34. The number of carbonyl (C=O) groups is 2. The van der Waals surface area contributed by atoms with Gasteiger partial charge in [0.25, 0.3) is 5.91 Å². The van der Waals surface area contributed by atoms with E-state index in [1.807, 2.05) is 35.7 Å². The van der Waals surface area contributed by atoms with Crippen molar-refractivity contribution in [2.75, 3.05) is 19.7 Å². The highest BCUT2D eigenvalue weighted by Crippen LogP contribution is 2.30. The zero-order chi connectivity index (χ0) is 17.9. The summed E-state index contributed by atoms with van der Waals surface area (Å²) in [5.41, 5.74) is 0. The molecule has 0 spiro atoms. The molecule has 1 saturated heterocycles. The van der Waals surface area contributed by atoms with E-state index < -0.39 is 6.04 Å². The van der Waals surface area contributed by atoms with Crippen LogP contribution in [0.5, 0.6) is 11.5 Å². The van der Waals surface area contributed by atoms with Gasteiger partial charge in [-0.15, -0.1) is 11.3 Å². The molecule has 2 aliphatic rings. The Labute approximate surface area is 155 Å². The van der Waals surface area contributed by atoms with Crippen molar-refractivity contribution < 1.29 is 19.1 Å². The molecule has 0 aliphatic carbocycles. The van der Waals surface area contributed by atoms with Crippen LogP contribution in [0.2, 0.25) is 0 Å². The molecule has 7 heteroatoms. The molecule has 0 radical (unpaired) electrons. The van der Waals surface area contributed by atoms with E-state index in [-0.39, 0.29) is 17.9 Å². The largest absolute Gasteiger partial charge is 0.486 e. The summed E-state index contributed by atoms with van der Waals surface area (Å²) in [6.45, 7) is 1.36. The summed E-state index contributed by atoms with van der Waals surface area (Å²) in [7, 11) is 0. The number of carbonyl (C=O) groups excluding carboxylic acids is 2. The first-order chi connectivity index (χ1) is 12.7. The molecule has 6 nitrogen and oxygen atoms in total. The highest BCUT2D eigenvalue weighted by Gasteiger charge is 2.35. The zero-order valence-electron chi connectivity index (χ0n) is 14.2. The Bertz CT molecular complexity index is 793. The maximum Gasteiger partial charge on any atom is 0.264 e. The second kappa shape index (κ2) is 7.37. The lowest BCUT2D eigenvalue weighted by atomic mass is 10.2. The van der Waals surface area contributed by atoms with Gasteiger partial charge in [-0.05, 0) is 36.4 Å². The maximum absolute atomic E-state index is 12.6. The number of thiophene rings is 1. The number of fused-ring (bicyclic) bond motifs is 1. The lowest BCUT2D eigenvalue weighted by Crippen LogP contribution is -2.49. The smallest absolute Gasteiger partial charge is 0.264 e. The van der Waals surface area contributed by atoms with E-state index in [0.717, 1.165) is 12.2 Å². The van der Waals surface area contributed by atoms with Crippen molar-refractivity contribution in [1.82, 2.24) is 10.2 Å². The van der Waals surface area contributed by atoms with Gasteiger partial charge in [-0.3, -0.25) is 9.59 Å². The maximum atomic E-state index is 12.6. The third-order valence-electron chi connectivity index (χ3n) is 4.62. The van der Waals surface area contributed by atoms with Gasteiger partial charge in [0.05, 0.1) is 11.4 Å². The van der Waals surface area contributed by atoms with E-state index in [1.165, 1.54) is 11.3 Å². The van der Waals surface area contributed by atoms with Crippen LogP contribution in [0.3, 0.4) is 0 Å². The Morgan fingerprint density at radius 2 is 2.04 bits per heavy atom. The molecule has 1 fully saturated rings. The summed E-state index contributed by atoms with van der Waals surface area (Å²) in [5.74, 6) is 1.21. The summed E-state index contributed by atoms with van der Waals surface area (Å²) in [6.07, 6.45) is 1.29. The molecule has 4 rings (SSSR count). The lowest BCUT2D eigenvalue weighted by molar-refractivity contribution is -0.125. The van der Waals surface area contributed by atoms with Crippen molar-refractivity contribution in [3.63, 3.8) is 0 Å². The molecule has 2 aliphatic heterocycles. The molecule has 1 aromatic heterocycles. The molecule has 1 N–H and O–H groups in total. The minimum Gasteiger partial charge on any atom is -0.486 e. The number of amides is 2. The standard InChI is InChI=1S/C19H20N2O4S/c22-18(14-5-3-9-21(14)19(23)17-8-4-10-26-17)20-11-13-12-24-15-6-1-2-7-16(15)25-13/h1-2,4,6-8,10,13-14H,3,5,9,11-12H2,(H,20,22)/t13-,14+/m0/s1. The Hall–Kier alpha value is -2.54. The monoisotopic (exact) mass is 372 g/mol. The summed E-state index contributed by atoms with van der Waals surface area (Å²) < 4.78 is 11.5. The van der Waals surface area contributed by atoms with Crippen LogP contribution in [-0.2, 0) is 4.79 Å². The average Bonchev–Trinajstić information content (AvgIpc) is 3.37. The molecule has 26 heavy (non-hydrogen) atoms. The van der Waals surface area contributed by atoms with Gasteiger partial charge in [-0.1, -0.05) is 18.2 Å². The molecular weight excluding hydrogens is 352 g/mol. The zero-order valence-corrected chi connectivity index (χ0v) is 15.0. The second-order valence-electron chi connectivity index (χ2n) is 6.38. The van der Waals surface area contributed by atoms with Crippen LogP contribution in [0.25, 0.3) is 0 Å². The fraction of sp³-hybridized carbons (Fsp3) is 0.368. The van der Waals surface area contributed by atoms with Crippen molar-refractivity contribution in [3.8, 4) is 11.5 Å². The topological polar surface area (TPSA) is 67.9 Å². The predicted octanol–water partition coefficient (Wildman–Crippen LogP) is 2.31. The fourth-order valence-electron chi connectivity index (χ4n) is 3.32. The first kappa shape index (κ1) is 16.9. The third-order valence-corrected chi connectivity index (χ3v) is 5.48. The Morgan fingerprint density at radius 3 is 2.85 bits per heavy atom. The van der Waals surface area contributed by atoms with E-state index in [0.29, 0.717) is 36.7 Å². The van der Waals surface area contributed by atoms with E-state index in [4.69, 9.17) is 9.47 Å². The molecule has 0 unspecified atom stereocenters. The number of hydrogen-bond acceptors (Lipinski definition) is 5. The van der Waals surface area contributed by atoms with E-state index in [9.17, 15) is 9.59 Å². The first-order valence-corrected chi connectivity index (χ1v) is 9.61. The number of likely N-dealkylation sites (tertiary alicyclic amines) is 1. The molecule has 2 aromatic rings. The number of benzene rings is 1. The van der Waals surface area contributed by atoms with Crippen molar-refractivity contribution in [1.29, 1.82) is 0 Å². The van der Waals surface area contributed by atoms with Gasteiger partial charge >= 0.3 is 0 Å². The van der Waals surface area contributed by atoms with Crippen molar-refractivity contribution in [2.24, 2.45) is 0 Å². The Kier molecular flexibility index (Phi) is 4.79. The highest BCUT2D eigenvalue weighted by molar-refractivity contribution is 7.12. The molecule has 2 atom stereocenters. The van der Waals surface area contributed by atoms with Gasteiger partial charge in [-0.25, -0.2) is 0 Å². The van der Waals surface area contributed by atoms with Crippen molar-refractivity contribution in [3.05, 3.63) is 46.7 Å². The quantitative estimate of drug-likeness (QED) is 0.894. The van der Waals surface area contributed by atoms with Crippen LogP contribution >= 0.6 is 11.3 Å². The van der Waals surface area contributed by atoms with Crippen LogP contribution in [0.15, 0.2) is 41.8 Å². The minimum absolute atomic E-state index is 0.0659. The molecule has 0 bridgehead atoms. The number of para-hydroxylation sites is 2. The summed E-state index contributed by atoms with van der Waals surface area (Å²) in [5, 5.41) is 4.79. The van der Waals surface area contributed by atoms with Gasteiger partial charge in [-0.2, -0.15) is 0 Å². The SMILES string of the molecule is O=C(NC[C@H]1COc2ccccc2O1)[C@H]1CCCN1C(=O)c1cccs1. The predicted molar refractivity (Wildman–Crippen MR) is 97.7 cm³/mol. The van der Waals surface area contributed by atoms with Gasteiger partial charge < -0.3 is 19.7 Å². The third kappa shape index (κ3) is 3.39. The van der Waals surface area contributed by atoms with Gasteiger partial charge in [0.1, 0.15) is 18.8 Å². The number of nitrogens with zero attached hydrogens (tertiary/aromatic N) is 1. The number of hydrogen-bond donors (Lipinski definition) is 1. The lowest BCUT2D eigenvalue weighted by Gasteiger charge is -2.28. The van der Waals surface area contributed by atoms with Crippen molar-refractivity contribution >= 4 is 23.2 Å². The summed E-state index contributed by atoms with van der Waals surface area (Å²) >= 11 is 1.40. The van der Waals surface area contributed by atoms with E-state index >= 15 is 0 Å². The van der Waals surface area contributed by atoms with E-state index in [2.05, 4.69) is 5.32 Å². The van der Waals surface area contributed by atoms with E-state index in [1.54, 1.807) is 11.0 Å². The molecule has 3 heterocycles. The molecular formula is C19H20N2O4S.